The Morgan fingerprint density at radius 1 is 1.06 bits per heavy atom. The highest BCUT2D eigenvalue weighted by Gasteiger charge is 2.33. The topological polar surface area (TPSA) is 86.7 Å². The Balaban J connectivity index is 1.70. The van der Waals surface area contributed by atoms with Crippen molar-refractivity contribution in [2.75, 3.05) is 10.2 Å². The van der Waals surface area contributed by atoms with Crippen molar-refractivity contribution in [1.29, 1.82) is 0 Å². The number of pyridine rings is 1. The first-order valence-corrected chi connectivity index (χ1v) is 11.8. The van der Waals surface area contributed by atoms with Gasteiger partial charge in [0.05, 0.1) is 17.9 Å². The van der Waals surface area contributed by atoms with E-state index in [1.54, 1.807) is 17.2 Å². The summed E-state index contributed by atoms with van der Waals surface area (Å²) in [4.78, 5) is 37.7. The van der Waals surface area contributed by atoms with Crippen LogP contribution in [-0.4, -0.2) is 28.8 Å². The molecule has 3 amide bonds. The van der Waals surface area contributed by atoms with Crippen LogP contribution in [0.5, 0.6) is 0 Å². The van der Waals surface area contributed by atoms with Gasteiger partial charge in [0.2, 0.25) is 6.17 Å². The van der Waals surface area contributed by atoms with Gasteiger partial charge >= 0.3 is 6.03 Å². The van der Waals surface area contributed by atoms with Crippen LogP contribution in [0.3, 0.4) is 0 Å². The van der Waals surface area contributed by atoms with E-state index >= 15 is 0 Å². The lowest BCUT2D eigenvalue weighted by atomic mass is 9.98. The van der Waals surface area contributed by atoms with Gasteiger partial charge in [0.15, 0.2) is 0 Å². The first-order chi connectivity index (χ1) is 16.8. The number of amides is 3. The molecule has 4 rings (SSSR count). The maximum absolute atomic E-state index is 13.8. The predicted octanol–water partition coefficient (Wildman–Crippen LogP) is 5.23. The number of urea groups is 1. The van der Waals surface area contributed by atoms with E-state index in [2.05, 4.69) is 29.5 Å². The molecule has 2 heterocycles. The van der Waals surface area contributed by atoms with Gasteiger partial charge in [0.25, 0.3) is 5.91 Å². The van der Waals surface area contributed by atoms with Crippen LogP contribution >= 0.6 is 0 Å². The monoisotopic (exact) mass is 469 g/mol. The Morgan fingerprint density at radius 2 is 1.86 bits per heavy atom. The largest absolute Gasteiger partial charge is 0.321 e. The second kappa shape index (κ2) is 10.5. The fourth-order valence-corrected chi connectivity index (χ4v) is 4.15. The number of aryl methyl sites for hydroxylation is 2. The number of para-hydroxylation sites is 1. The van der Waals surface area contributed by atoms with Gasteiger partial charge in [0, 0.05) is 23.2 Å². The molecule has 0 fully saturated rings. The van der Waals surface area contributed by atoms with E-state index in [-0.39, 0.29) is 12.5 Å². The van der Waals surface area contributed by atoms with Crippen molar-refractivity contribution >= 4 is 29.0 Å². The summed E-state index contributed by atoms with van der Waals surface area (Å²) in [6, 6.07) is 18.6. The van der Waals surface area contributed by atoms with Crippen molar-refractivity contribution in [1.82, 2.24) is 10.3 Å². The summed E-state index contributed by atoms with van der Waals surface area (Å²) in [6.45, 7) is 8.43. The molecule has 2 N–H and O–H groups in total. The Kier molecular flexibility index (Phi) is 7.25. The first-order valence-electron chi connectivity index (χ1n) is 11.8. The third-order valence-corrected chi connectivity index (χ3v) is 5.86. The van der Waals surface area contributed by atoms with Gasteiger partial charge in [-0.05, 0) is 61.6 Å². The molecule has 1 aliphatic heterocycles. The van der Waals surface area contributed by atoms with Gasteiger partial charge in [-0.1, -0.05) is 50.2 Å². The number of carbonyl (C=O) groups excluding carboxylic acids is 2. The molecule has 180 valence electrons. The van der Waals surface area contributed by atoms with Gasteiger partial charge in [-0.15, -0.1) is 0 Å². The summed E-state index contributed by atoms with van der Waals surface area (Å²) in [5.74, 6) is 0.0175. The Morgan fingerprint density at radius 3 is 2.60 bits per heavy atom. The third-order valence-electron chi connectivity index (χ3n) is 5.86. The maximum atomic E-state index is 13.8. The number of anilines is 2. The van der Waals surface area contributed by atoms with E-state index in [0.717, 1.165) is 33.8 Å². The molecule has 1 aliphatic rings. The van der Waals surface area contributed by atoms with Crippen LogP contribution < -0.4 is 15.5 Å². The number of hydrogen-bond donors (Lipinski definition) is 2. The van der Waals surface area contributed by atoms with Gasteiger partial charge < -0.3 is 15.5 Å². The van der Waals surface area contributed by atoms with E-state index in [0.29, 0.717) is 18.0 Å². The Bertz CT molecular complexity index is 1270. The highest BCUT2D eigenvalue weighted by atomic mass is 16.2. The van der Waals surface area contributed by atoms with E-state index in [1.807, 2.05) is 68.4 Å². The number of hydrogen-bond acceptors (Lipinski definition) is 4. The van der Waals surface area contributed by atoms with E-state index in [4.69, 9.17) is 4.99 Å². The minimum absolute atomic E-state index is 0.282. The number of aromatic nitrogens is 1. The molecule has 7 nitrogen and oxygen atoms in total. The molecule has 3 aromatic rings. The summed E-state index contributed by atoms with van der Waals surface area (Å²) in [5, 5.41) is 5.61. The van der Waals surface area contributed by atoms with Crippen molar-refractivity contribution in [3.05, 3.63) is 89.2 Å². The van der Waals surface area contributed by atoms with Crippen molar-refractivity contribution in [2.24, 2.45) is 10.9 Å². The smallest absolute Gasteiger partial charge is 0.308 e. The number of nitrogens with one attached hydrogen (secondary N) is 2. The lowest BCUT2D eigenvalue weighted by Gasteiger charge is -2.26. The molecular formula is C28H31N5O2. The second-order valence-electron chi connectivity index (χ2n) is 9.25. The Labute approximate surface area is 206 Å². The summed E-state index contributed by atoms with van der Waals surface area (Å²) < 4.78 is 0. The second-order valence-corrected chi connectivity index (χ2v) is 9.25. The van der Waals surface area contributed by atoms with Crippen LogP contribution in [0, 0.1) is 19.8 Å². The van der Waals surface area contributed by atoms with E-state index in [9.17, 15) is 9.59 Å². The highest BCUT2D eigenvalue weighted by molar-refractivity contribution is 6.13. The van der Waals surface area contributed by atoms with Crippen molar-refractivity contribution in [3.63, 3.8) is 0 Å². The molecule has 35 heavy (non-hydrogen) atoms. The van der Waals surface area contributed by atoms with Crippen molar-refractivity contribution < 1.29 is 9.59 Å². The predicted molar refractivity (Wildman–Crippen MR) is 140 cm³/mol. The maximum Gasteiger partial charge on any atom is 0.321 e. The van der Waals surface area contributed by atoms with Crippen LogP contribution in [0.4, 0.5) is 16.2 Å². The number of rotatable bonds is 6. The molecule has 2 aromatic carbocycles. The molecule has 0 spiro atoms. The van der Waals surface area contributed by atoms with Gasteiger partial charge in [-0.3, -0.25) is 14.8 Å². The fraction of sp³-hybridized carbons (Fsp3) is 0.286. The normalized spacial score (nSPS) is 15.3. The zero-order valence-electron chi connectivity index (χ0n) is 20.6. The molecule has 0 radical (unpaired) electrons. The van der Waals surface area contributed by atoms with Gasteiger partial charge in [0.1, 0.15) is 0 Å². The van der Waals surface area contributed by atoms with Gasteiger partial charge in [-0.2, -0.15) is 0 Å². The Hall–Kier alpha value is -4.00. The molecule has 0 unspecified atom stereocenters. The third kappa shape index (κ3) is 5.74. The summed E-state index contributed by atoms with van der Waals surface area (Å²) >= 11 is 0. The average molecular weight is 470 g/mol. The van der Waals surface area contributed by atoms with E-state index in [1.165, 1.54) is 0 Å². The number of nitrogens with zero attached hydrogens (tertiary/aromatic N) is 3. The summed E-state index contributed by atoms with van der Waals surface area (Å²) in [7, 11) is 0. The quantitative estimate of drug-likeness (QED) is 0.518. The van der Waals surface area contributed by atoms with Crippen LogP contribution in [0.25, 0.3) is 0 Å². The molecule has 0 aliphatic carbocycles. The van der Waals surface area contributed by atoms with Crippen molar-refractivity contribution in [2.45, 2.75) is 46.8 Å². The average Bonchev–Trinajstić information content (AvgIpc) is 2.91. The van der Waals surface area contributed by atoms with Gasteiger partial charge in [-0.25, -0.2) is 4.79 Å². The van der Waals surface area contributed by atoms with Crippen LogP contribution in [0.2, 0.25) is 0 Å². The number of fused-ring (bicyclic) bond motifs is 1. The lowest BCUT2D eigenvalue weighted by molar-refractivity contribution is -0.120. The van der Waals surface area contributed by atoms with Crippen LogP contribution in [0.15, 0.2) is 71.9 Å². The minimum Gasteiger partial charge on any atom is -0.308 e. The molecule has 1 atom stereocenters. The minimum atomic E-state index is -1.06. The fourth-order valence-electron chi connectivity index (χ4n) is 4.15. The molecule has 0 saturated heterocycles. The lowest BCUT2D eigenvalue weighted by Crippen LogP contribution is -2.48. The standard InChI is InChI=1S/C28H31N5O2/c1-18(2)15-23-22-12-5-6-13-25(22)33(17-24-20(4)10-8-14-29-24)27(34)26(31-23)32-28(35)30-21-11-7-9-19(3)16-21/h5-14,16,18,26H,15,17H2,1-4H3,(H2,30,32,35)/t26-/m0/s1. The summed E-state index contributed by atoms with van der Waals surface area (Å²) in [6.07, 6.45) is 1.34. The molecular weight excluding hydrogens is 438 g/mol. The number of benzene rings is 2. The highest BCUT2D eigenvalue weighted by Crippen LogP contribution is 2.29. The first kappa shape index (κ1) is 24.1. The number of aliphatic imine (C=N–C) groups is 1. The SMILES string of the molecule is Cc1cccc(NC(=O)N[C@@H]2N=C(CC(C)C)c3ccccc3N(Cc3ncccc3C)C2=O)c1. The number of carbonyl (C=O) groups is 2. The van der Waals surface area contributed by atoms with Crippen LogP contribution in [-0.2, 0) is 11.3 Å². The molecule has 0 bridgehead atoms. The molecule has 0 saturated carbocycles. The zero-order chi connectivity index (χ0) is 24.9. The molecule has 7 heteroatoms. The van der Waals surface area contributed by atoms with Crippen LogP contribution in [0.1, 0.15) is 42.7 Å². The van der Waals surface area contributed by atoms with Crippen molar-refractivity contribution in [3.8, 4) is 0 Å². The van der Waals surface area contributed by atoms with E-state index < -0.39 is 12.2 Å². The number of benzodiazepines with no additional fused rings is 1. The summed E-state index contributed by atoms with van der Waals surface area (Å²) in [5.41, 5.74) is 5.93. The zero-order valence-corrected chi connectivity index (χ0v) is 20.6. The molecule has 1 aromatic heterocycles.